The minimum absolute atomic E-state index is 0.0461. The average molecular weight is 480 g/mol. The van der Waals surface area contributed by atoms with E-state index >= 15 is 0 Å². The molecular formula is C20H15BrFNO3S2. The van der Waals surface area contributed by atoms with E-state index in [0.29, 0.717) is 14.9 Å². The molecule has 28 heavy (non-hydrogen) atoms. The second-order valence-corrected chi connectivity index (χ2v) is 10.4. The number of fused-ring (bicyclic) bond motifs is 1. The van der Waals surface area contributed by atoms with Gasteiger partial charge in [0.2, 0.25) is 15.7 Å². The minimum atomic E-state index is -3.81. The molecule has 4 rings (SSSR count). The molecule has 1 N–H and O–H groups in total. The summed E-state index contributed by atoms with van der Waals surface area (Å²) < 4.78 is 41.4. The molecule has 2 aromatic carbocycles. The van der Waals surface area contributed by atoms with Crippen molar-refractivity contribution in [2.45, 2.75) is 29.1 Å². The van der Waals surface area contributed by atoms with Crippen LogP contribution in [0.3, 0.4) is 0 Å². The second kappa shape index (κ2) is 7.09. The van der Waals surface area contributed by atoms with E-state index in [9.17, 15) is 17.6 Å². The lowest BCUT2D eigenvalue weighted by atomic mass is 9.90. The molecule has 0 spiro atoms. The summed E-state index contributed by atoms with van der Waals surface area (Å²) in [6, 6.07) is 11.1. The Labute approximate surface area is 174 Å². The Kier molecular flexibility index (Phi) is 4.89. The van der Waals surface area contributed by atoms with Crippen LogP contribution in [0.4, 0.5) is 10.1 Å². The number of anilines is 1. The van der Waals surface area contributed by atoms with Gasteiger partial charge >= 0.3 is 0 Å². The van der Waals surface area contributed by atoms with Crippen molar-refractivity contribution in [3.8, 4) is 0 Å². The van der Waals surface area contributed by atoms with Gasteiger partial charge in [0.05, 0.1) is 10.6 Å². The number of hydrogen-bond acceptors (Lipinski definition) is 4. The molecule has 0 saturated carbocycles. The molecule has 1 aliphatic rings. The summed E-state index contributed by atoms with van der Waals surface area (Å²) in [5.41, 5.74) is 1.57. The lowest BCUT2D eigenvalue weighted by Gasteiger charge is -2.24. The fourth-order valence-corrected chi connectivity index (χ4v) is 6.56. The monoisotopic (exact) mass is 479 g/mol. The van der Waals surface area contributed by atoms with Crippen molar-refractivity contribution in [2.24, 2.45) is 0 Å². The van der Waals surface area contributed by atoms with Crippen LogP contribution in [-0.2, 0) is 14.6 Å². The number of sulfone groups is 1. The lowest BCUT2D eigenvalue weighted by molar-refractivity contribution is -0.116. The SMILES string of the molecule is Cc1ccc(S(=O)(=O)c2csc3c2NC(=O)C[C@@H]3c2cc(Br)ccc2F)cc1. The number of thiophene rings is 1. The van der Waals surface area contributed by atoms with Crippen LogP contribution in [-0.4, -0.2) is 14.3 Å². The van der Waals surface area contributed by atoms with Gasteiger partial charge in [-0.2, -0.15) is 0 Å². The predicted octanol–water partition coefficient (Wildman–Crippen LogP) is 5.27. The fraction of sp³-hybridized carbons (Fsp3) is 0.150. The summed E-state index contributed by atoms with van der Waals surface area (Å²) in [7, 11) is -3.81. The number of amides is 1. The molecule has 0 unspecified atom stereocenters. The second-order valence-electron chi connectivity index (χ2n) is 6.63. The van der Waals surface area contributed by atoms with Gasteiger partial charge in [0.15, 0.2) is 0 Å². The number of nitrogens with one attached hydrogen (secondary N) is 1. The molecule has 0 bridgehead atoms. The first-order chi connectivity index (χ1) is 13.3. The number of rotatable bonds is 3. The van der Waals surface area contributed by atoms with Crippen LogP contribution in [0.1, 0.15) is 28.3 Å². The Bertz CT molecular complexity index is 1190. The van der Waals surface area contributed by atoms with E-state index in [1.165, 1.54) is 22.8 Å². The summed E-state index contributed by atoms with van der Waals surface area (Å²) in [4.78, 5) is 13.2. The average Bonchev–Trinajstić information content (AvgIpc) is 3.08. The van der Waals surface area contributed by atoms with Gasteiger partial charge in [0.25, 0.3) is 0 Å². The molecule has 144 valence electrons. The molecule has 0 fully saturated rings. The molecule has 1 atom stereocenters. The number of carbonyl (C=O) groups is 1. The first-order valence-corrected chi connectivity index (χ1v) is 11.6. The highest BCUT2D eigenvalue weighted by atomic mass is 79.9. The standard InChI is InChI=1S/C20H15BrFNO3S2/c1-11-2-5-13(6-3-11)28(25,26)17-10-27-20-15(9-18(24)23-19(17)20)14-8-12(21)4-7-16(14)22/h2-8,10,15H,9H2,1H3,(H,23,24)/t15-/m1/s1. The highest BCUT2D eigenvalue weighted by Crippen LogP contribution is 2.46. The summed E-state index contributed by atoms with van der Waals surface area (Å²) >= 11 is 4.55. The number of benzene rings is 2. The number of carbonyl (C=O) groups excluding carboxylic acids is 1. The van der Waals surface area contributed by atoms with Gasteiger partial charge in [-0.1, -0.05) is 33.6 Å². The Morgan fingerprint density at radius 2 is 1.89 bits per heavy atom. The third-order valence-electron chi connectivity index (χ3n) is 4.71. The zero-order valence-electron chi connectivity index (χ0n) is 14.7. The highest BCUT2D eigenvalue weighted by Gasteiger charge is 2.35. The van der Waals surface area contributed by atoms with Gasteiger partial charge in [0.1, 0.15) is 10.7 Å². The molecule has 0 radical (unpaired) electrons. The van der Waals surface area contributed by atoms with Crippen molar-refractivity contribution in [1.82, 2.24) is 0 Å². The Balaban J connectivity index is 1.85. The van der Waals surface area contributed by atoms with Gasteiger partial charge in [-0.25, -0.2) is 12.8 Å². The van der Waals surface area contributed by atoms with Crippen LogP contribution in [0.15, 0.2) is 62.1 Å². The highest BCUT2D eigenvalue weighted by molar-refractivity contribution is 9.10. The fourth-order valence-electron chi connectivity index (χ4n) is 3.28. The molecule has 1 aromatic heterocycles. The topological polar surface area (TPSA) is 63.2 Å². The van der Waals surface area contributed by atoms with Gasteiger partial charge in [-0.3, -0.25) is 4.79 Å². The van der Waals surface area contributed by atoms with Crippen molar-refractivity contribution in [1.29, 1.82) is 0 Å². The van der Waals surface area contributed by atoms with Crippen LogP contribution in [0.5, 0.6) is 0 Å². The largest absolute Gasteiger partial charge is 0.324 e. The molecule has 0 aliphatic carbocycles. The first-order valence-electron chi connectivity index (χ1n) is 8.45. The van der Waals surface area contributed by atoms with Crippen molar-refractivity contribution in [3.05, 3.63) is 74.1 Å². The molecular weight excluding hydrogens is 465 g/mol. The molecule has 3 aromatic rings. The van der Waals surface area contributed by atoms with E-state index in [2.05, 4.69) is 21.2 Å². The molecule has 8 heteroatoms. The smallest absolute Gasteiger partial charge is 0.225 e. The van der Waals surface area contributed by atoms with Crippen LogP contribution in [0, 0.1) is 12.7 Å². The Hall–Kier alpha value is -2.03. The maximum atomic E-state index is 14.5. The quantitative estimate of drug-likeness (QED) is 0.556. The summed E-state index contributed by atoms with van der Waals surface area (Å²) in [5.74, 6) is -1.30. The van der Waals surface area contributed by atoms with E-state index in [1.54, 1.807) is 36.4 Å². The van der Waals surface area contributed by atoms with Crippen molar-refractivity contribution in [3.63, 3.8) is 0 Å². The van der Waals surface area contributed by atoms with Crippen LogP contribution >= 0.6 is 27.3 Å². The number of halogens is 2. The normalized spacial score (nSPS) is 16.5. The first kappa shape index (κ1) is 19.3. The molecule has 2 heterocycles. The minimum Gasteiger partial charge on any atom is -0.324 e. The van der Waals surface area contributed by atoms with Crippen LogP contribution in [0.25, 0.3) is 0 Å². The van der Waals surface area contributed by atoms with Gasteiger partial charge in [-0.15, -0.1) is 11.3 Å². The predicted molar refractivity (Wildman–Crippen MR) is 110 cm³/mol. The lowest BCUT2D eigenvalue weighted by Crippen LogP contribution is -2.24. The summed E-state index contributed by atoms with van der Waals surface area (Å²) in [6.07, 6.45) is 0.0604. The van der Waals surface area contributed by atoms with Crippen LogP contribution < -0.4 is 5.32 Å². The van der Waals surface area contributed by atoms with Crippen molar-refractivity contribution >= 4 is 48.7 Å². The maximum Gasteiger partial charge on any atom is 0.225 e. The van der Waals surface area contributed by atoms with Crippen LogP contribution in [0.2, 0.25) is 0 Å². The molecule has 0 saturated heterocycles. The van der Waals surface area contributed by atoms with Crippen molar-refractivity contribution in [2.75, 3.05) is 5.32 Å². The zero-order valence-corrected chi connectivity index (χ0v) is 17.9. The third kappa shape index (κ3) is 3.29. The van der Waals surface area contributed by atoms with E-state index in [4.69, 9.17) is 0 Å². The van der Waals surface area contributed by atoms with Crippen molar-refractivity contribution < 1.29 is 17.6 Å². The number of aryl methyl sites for hydroxylation is 1. The van der Waals surface area contributed by atoms with Gasteiger partial charge in [0, 0.05) is 27.1 Å². The van der Waals surface area contributed by atoms with E-state index in [1.807, 2.05) is 6.92 Å². The summed E-state index contributed by atoms with van der Waals surface area (Å²) in [6.45, 7) is 1.88. The third-order valence-corrected chi connectivity index (χ3v) is 8.24. The molecule has 4 nitrogen and oxygen atoms in total. The zero-order chi connectivity index (χ0) is 20.1. The maximum absolute atomic E-state index is 14.5. The van der Waals surface area contributed by atoms with Gasteiger partial charge < -0.3 is 5.32 Å². The molecule has 1 aliphatic heterocycles. The summed E-state index contributed by atoms with van der Waals surface area (Å²) in [5, 5.41) is 4.21. The Morgan fingerprint density at radius 1 is 1.18 bits per heavy atom. The number of hydrogen-bond donors (Lipinski definition) is 1. The van der Waals surface area contributed by atoms with Gasteiger partial charge in [-0.05, 0) is 42.8 Å². The Morgan fingerprint density at radius 3 is 2.61 bits per heavy atom. The van der Waals surface area contributed by atoms with E-state index < -0.39 is 21.6 Å². The van der Waals surface area contributed by atoms with E-state index in [0.717, 1.165) is 5.56 Å². The molecule has 1 amide bonds. The van der Waals surface area contributed by atoms with E-state index in [-0.39, 0.29) is 27.8 Å².